The summed E-state index contributed by atoms with van der Waals surface area (Å²) >= 11 is 0. The highest BCUT2D eigenvalue weighted by Gasteiger charge is 2.44. The van der Waals surface area contributed by atoms with E-state index in [-0.39, 0.29) is 11.8 Å². The van der Waals surface area contributed by atoms with Gasteiger partial charge in [-0.3, -0.25) is 4.57 Å². The van der Waals surface area contributed by atoms with Gasteiger partial charge < -0.3 is 25.4 Å². The number of nitrogens with two attached hydrogens (primary N) is 1. The van der Waals surface area contributed by atoms with Crippen LogP contribution < -0.4 is 10.5 Å². The van der Waals surface area contributed by atoms with Crippen molar-refractivity contribution >= 4 is 30.3 Å². The second kappa shape index (κ2) is 7.15. The predicted molar refractivity (Wildman–Crippen MR) is 102 cm³/mol. The van der Waals surface area contributed by atoms with E-state index in [1.807, 2.05) is 6.92 Å². The molecule has 4 atom stereocenters. The highest BCUT2D eigenvalue weighted by atomic mass is 31.2. The third-order valence-corrected chi connectivity index (χ3v) is 5.79. The third kappa shape index (κ3) is 3.71. The van der Waals surface area contributed by atoms with Gasteiger partial charge in [-0.1, -0.05) is 0 Å². The average molecular weight is 383 g/mol. The summed E-state index contributed by atoms with van der Waals surface area (Å²) in [6.07, 6.45) is 3.78. The molecule has 4 N–H and O–H groups in total. The zero-order valence-electron chi connectivity index (χ0n) is 15.2. The zero-order chi connectivity index (χ0) is 19.1. The Kier molecular flexibility index (Phi) is 5.25. The van der Waals surface area contributed by atoms with Gasteiger partial charge in [0.1, 0.15) is 12.2 Å². The normalized spacial score (nSPS) is 26.5. The second-order valence-corrected chi connectivity index (χ2v) is 11.5. The Labute approximate surface area is 152 Å². The Morgan fingerprint density at radius 1 is 1.35 bits per heavy atom. The number of nitrogen functional groups attached to an aromatic ring is 1. The largest absolute Gasteiger partial charge is 0.476 e. The molecular weight excluding hydrogens is 357 g/mol. The number of imidazole rings is 1. The quantitative estimate of drug-likeness (QED) is 0.616. The first kappa shape index (κ1) is 19.1. The summed E-state index contributed by atoms with van der Waals surface area (Å²) < 4.78 is 13.0. The van der Waals surface area contributed by atoms with E-state index in [0.29, 0.717) is 24.2 Å². The number of fused-ring (bicyclic) bond motifs is 1. The van der Waals surface area contributed by atoms with Crippen LogP contribution >= 0.6 is 6.89 Å². The fraction of sp³-hybridized carbons (Fsp3) is 0.625. The van der Waals surface area contributed by atoms with Gasteiger partial charge in [-0.25, -0.2) is 4.98 Å². The molecule has 0 aromatic carbocycles. The summed E-state index contributed by atoms with van der Waals surface area (Å²) in [5.74, 6) is 0.317. The van der Waals surface area contributed by atoms with Gasteiger partial charge in [-0.05, 0) is 32.8 Å². The second-order valence-electron chi connectivity index (χ2n) is 7.14. The molecule has 1 saturated heterocycles. The van der Waals surface area contributed by atoms with E-state index in [9.17, 15) is 10.2 Å². The highest BCUT2D eigenvalue weighted by Crippen LogP contribution is 2.40. The van der Waals surface area contributed by atoms with Gasteiger partial charge in [0.05, 0.1) is 19.0 Å². The lowest BCUT2D eigenvalue weighted by molar-refractivity contribution is -0.0353. The molecule has 0 radical (unpaired) electrons. The summed E-state index contributed by atoms with van der Waals surface area (Å²) in [5.41, 5.74) is 6.59. The number of ether oxygens (including phenoxy) is 2. The first-order valence-electron chi connectivity index (χ1n) is 8.53. The highest BCUT2D eigenvalue weighted by molar-refractivity contribution is 7.72. The molecule has 0 saturated carbocycles. The minimum Gasteiger partial charge on any atom is -0.476 e. The van der Waals surface area contributed by atoms with Gasteiger partial charge in [0.25, 0.3) is 0 Å². The number of hydrogen-bond donors (Lipinski definition) is 3. The van der Waals surface area contributed by atoms with Gasteiger partial charge in [-0.15, -0.1) is 13.2 Å². The topological polar surface area (TPSA) is 129 Å². The Balaban J connectivity index is 1.90. The Morgan fingerprint density at radius 2 is 2.08 bits per heavy atom. The van der Waals surface area contributed by atoms with Crippen LogP contribution in [0.1, 0.15) is 19.6 Å². The SMILES string of the molecule is C=P(C)(C)CC[C@H]1O[C@@H](n2cnc3c(OCC)nc(N)nc32)[C@H](O)[C@@H]1O. The van der Waals surface area contributed by atoms with Crippen molar-refractivity contribution in [2.45, 2.75) is 37.9 Å². The molecule has 26 heavy (non-hydrogen) atoms. The Hall–Kier alpha value is -1.67. The van der Waals surface area contributed by atoms with E-state index >= 15 is 0 Å². The fourth-order valence-corrected chi connectivity index (χ4v) is 3.96. The molecule has 3 rings (SSSR count). The summed E-state index contributed by atoms with van der Waals surface area (Å²) in [6, 6.07) is 0. The van der Waals surface area contributed by atoms with Gasteiger partial charge in [0.15, 0.2) is 17.4 Å². The van der Waals surface area contributed by atoms with E-state index in [0.717, 1.165) is 6.16 Å². The summed E-state index contributed by atoms with van der Waals surface area (Å²) in [7, 11) is 0. The molecule has 0 aliphatic carbocycles. The molecule has 0 bridgehead atoms. The number of nitrogens with zero attached hydrogens (tertiary/aromatic N) is 4. The van der Waals surface area contributed by atoms with Crippen molar-refractivity contribution in [3.05, 3.63) is 6.33 Å². The first-order valence-corrected chi connectivity index (χ1v) is 11.6. The van der Waals surface area contributed by atoms with Crippen molar-refractivity contribution < 1.29 is 19.7 Å². The third-order valence-electron chi connectivity index (χ3n) is 4.32. The molecule has 0 spiro atoms. The fourth-order valence-electron chi connectivity index (χ4n) is 3.00. The molecule has 9 nitrogen and oxygen atoms in total. The number of aliphatic hydroxyl groups is 2. The zero-order valence-corrected chi connectivity index (χ0v) is 16.1. The van der Waals surface area contributed by atoms with Gasteiger partial charge in [0, 0.05) is 0 Å². The van der Waals surface area contributed by atoms with Crippen molar-refractivity contribution in [2.24, 2.45) is 0 Å². The maximum absolute atomic E-state index is 10.5. The van der Waals surface area contributed by atoms with Gasteiger partial charge in [-0.2, -0.15) is 9.97 Å². The van der Waals surface area contributed by atoms with Crippen LogP contribution in [0.5, 0.6) is 5.88 Å². The predicted octanol–water partition coefficient (Wildman–Crippen LogP) is 0.526. The summed E-state index contributed by atoms with van der Waals surface area (Å²) in [5, 5.41) is 20.9. The monoisotopic (exact) mass is 383 g/mol. The standard InChI is InChI=1S/C16H26N5O4P/c1-5-24-14-10-13(19-16(17)20-14)21(8-18-10)15-12(23)11(22)9(25-15)6-7-26(2,3)4/h8-9,11-12,15,22-23H,2,5-7H2,1,3-4H3,(H2,17,19,20)/t9-,11-,12-,15-/m1/s1. The molecule has 0 unspecified atom stereocenters. The van der Waals surface area contributed by atoms with E-state index in [1.54, 1.807) is 4.57 Å². The maximum atomic E-state index is 10.5. The summed E-state index contributed by atoms with van der Waals surface area (Å²) in [4.78, 5) is 12.5. The molecule has 1 fully saturated rings. The number of rotatable bonds is 6. The lowest BCUT2D eigenvalue weighted by Gasteiger charge is -2.18. The molecule has 1 aliphatic rings. The Morgan fingerprint density at radius 3 is 2.73 bits per heavy atom. The van der Waals surface area contributed by atoms with Crippen molar-refractivity contribution in [3.63, 3.8) is 0 Å². The van der Waals surface area contributed by atoms with Crippen molar-refractivity contribution in [2.75, 3.05) is 31.8 Å². The van der Waals surface area contributed by atoms with Crippen LogP contribution in [0, 0.1) is 0 Å². The number of anilines is 1. The molecule has 3 heterocycles. The van der Waals surface area contributed by atoms with E-state index in [4.69, 9.17) is 15.2 Å². The van der Waals surface area contributed by atoms with Crippen LogP contribution in [0.2, 0.25) is 0 Å². The minimum atomic E-state index is -1.25. The van der Waals surface area contributed by atoms with E-state index in [1.165, 1.54) is 6.33 Å². The van der Waals surface area contributed by atoms with Crippen molar-refractivity contribution in [3.8, 4) is 5.88 Å². The van der Waals surface area contributed by atoms with Crippen LogP contribution in [-0.4, -0.2) is 80.4 Å². The van der Waals surface area contributed by atoms with Crippen molar-refractivity contribution in [1.29, 1.82) is 0 Å². The molecule has 2 aromatic rings. The van der Waals surface area contributed by atoms with Gasteiger partial charge >= 0.3 is 0 Å². The molecular formula is C16H26N5O4P. The smallest absolute Gasteiger partial charge is 0.247 e. The number of aliphatic hydroxyl groups excluding tert-OH is 2. The van der Waals surface area contributed by atoms with Crippen LogP contribution in [0.25, 0.3) is 11.2 Å². The molecule has 144 valence electrons. The maximum Gasteiger partial charge on any atom is 0.247 e. The van der Waals surface area contributed by atoms with E-state index in [2.05, 4.69) is 34.6 Å². The summed E-state index contributed by atoms with van der Waals surface area (Å²) in [6.45, 7) is 5.24. The lowest BCUT2D eigenvalue weighted by Crippen LogP contribution is -2.31. The van der Waals surface area contributed by atoms with Gasteiger partial charge in [0.2, 0.25) is 11.8 Å². The first-order chi connectivity index (χ1) is 12.2. The van der Waals surface area contributed by atoms with Crippen LogP contribution in [0.3, 0.4) is 0 Å². The molecule has 1 aliphatic heterocycles. The minimum absolute atomic E-state index is 0.0379. The number of aromatic nitrogens is 4. The lowest BCUT2D eigenvalue weighted by atomic mass is 10.1. The average Bonchev–Trinajstić information content (AvgIpc) is 3.08. The van der Waals surface area contributed by atoms with Crippen LogP contribution in [0.15, 0.2) is 6.33 Å². The van der Waals surface area contributed by atoms with Crippen LogP contribution in [-0.2, 0) is 4.74 Å². The van der Waals surface area contributed by atoms with Crippen LogP contribution in [0.4, 0.5) is 5.95 Å². The molecule has 0 amide bonds. The molecule has 2 aromatic heterocycles. The van der Waals surface area contributed by atoms with Crippen molar-refractivity contribution in [1.82, 2.24) is 19.5 Å². The van der Waals surface area contributed by atoms with E-state index < -0.39 is 31.4 Å². The molecule has 10 heteroatoms. The number of hydrogen-bond acceptors (Lipinski definition) is 8. The Bertz CT molecular complexity index is 835.